The van der Waals surface area contributed by atoms with Crippen LogP contribution >= 0.6 is 0 Å². The number of carbonyl (C=O) groups is 2. The van der Waals surface area contributed by atoms with Gasteiger partial charge in [-0.15, -0.1) is 0 Å². The van der Waals surface area contributed by atoms with Crippen LogP contribution in [0.2, 0.25) is 0 Å². The summed E-state index contributed by atoms with van der Waals surface area (Å²) >= 11 is 0. The van der Waals surface area contributed by atoms with Gasteiger partial charge in [0.15, 0.2) is 5.82 Å². The number of hydrogen-bond acceptors (Lipinski definition) is 5. The summed E-state index contributed by atoms with van der Waals surface area (Å²) in [6.45, 7) is 2.71. The number of piperidine rings is 1. The van der Waals surface area contributed by atoms with E-state index >= 15 is 0 Å². The summed E-state index contributed by atoms with van der Waals surface area (Å²) in [4.78, 5) is 31.8. The highest BCUT2D eigenvalue weighted by Crippen LogP contribution is 2.33. The minimum Gasteiger partial charge on any atom is -0.465 e. The molecule has 0 atom stereocenters. The van der Waals surface area contributed by atoms with Gasteiger partial charge < -0.3 is 19.4 Å². The summed E-state index contributed by atoms with van der Waals surface area (Å²) in [5, 5.41) is 12.9. The molecule has 142 valence electrons. The quantitative estimate of drug-likeness (QED) is 0.888. The standard InChI is InChI=1S/C19H22N4O4/c1-12-20-17(27-21-12)13-2-4-14(5-3-13)18(24)23(15-6-7-15)16-8-10-22(11-9-16)19(25)26/h2-5,15-16H,6-11H2,1H3,(H,25,26). The fourth-order valence-corrected chi connectivity index (χ4v) is 3.64. The van der Waals surface area contributed by atoms with Crippen molar-refractivity contribution >= 4 is 12.0 Å². The molecule has 8 nitrogen and oxygen atoms in total. The number of rotatable bonds is 4. The van der Waals surface area contributed by atoms with Gasteiger partial charge in [0.2, 0.25) is 0 Å². The largest absolute Gasteiger partial charge is 0.465 e. The molecule has 1 aliphatic carbocycles. The van der Waals surface area contributed by atoms with Gasteiger partial charge in [0.25, 0.3) is 11.8 Å². The SMILES string of the molecule is Cc1noc(-c2ccc(C(=O)N(C3CC3)C3CCN(C(=O)O)CC3)cc2)n1. The van der Waals surface area contributed by atoms with Crippen LogP contribution in [0.5, 0.6) is 0 Å². The highest BCUT2D eigenvalue weighted by molar-refractivity contribution is 5.95. The van der Waals surface area contributed by atoms with Gasteiger partial charge in [-0.25, -0.2) is 4.79 Å². The Morgan fingerprint density at radius 2 is 1.74 bits per heavy atom. The number of aromatic nitrogens is 2. The average Bonchev–Trinajstić information content (AvgIpc) is 3.41. The lowest BCUT2D eigenvalue weighted by atomic mass is 10.0. The number of likely N-dealkylation sites (tertiary alicyclic amines) is 1. The molecule has 0 unspecified atom stereocenters. The first-order chi connectivity index (χ1) is 13.0. The summed E-state index contributed by atoms with van der Waals surface area (Å²) in [6.07, 6.45) is 2.53. The van der Waals surface area contributed by atoms with E-state index in [2.05, 4.69) is 10.1 Å². The van der Waals surface area contributed by atoms with Crippen molar-refractivity contribution in [2.75, 3.05) is 13.1 Å². The Balaban J connectivity index is 1.49. The van der Waals surface area contributed by atoms with E-state index in [1.165, 1.54) is 4.90 Å². The van der Waals surface area contributed by atoms with E-state index in [0.29, 0.717) is 43.2 Å². The first-order valence-corrected chi connectivity index (χ1v) is 9.24. The van der Waals surface area contributed by atoms with Gasteiger partial charge in [0.05, 0.1) is 0 Å². The van der Waals surface area contributed by atoms with E-state index in [1.54, 1.807) is 19.1 Å². The molecule has 1 aliphatic heterocycles. The number of aryl methyl sites for hydroxylation is 1. The van der Waals surface area contributed by atoms with Crippen LogP contribution in [0.3, 0.4) is 0 Å². The zero-order chi connectivity index (χ0) is 19.0. The maximum absolute atomic E-state index is 13.1. The second kappa shape index (κ2) is 7.02. The van der Waals surface area contributed by atoms with Crippen molar-refractivity contribution in [1.82, 2.24) is 19.9 Å². The number of carboxylic acid groups (broad SMARTS) is 1. The molecule has 2 heterocycles. The maximum Gasteiger partial charge on any atom is 0.407 e. The van der Waals surface area contributed by atoms with E-state index in [9.17, 15) is 9.59 Å². The van der Waals surface area contributed by atoms with Crippen molar-refractivity contribution in [3.63, 3.8) is 0 Å². The van der Waals surface area contributed by atoms with Crippen LogP contribution in [0.1, 0.15) is 41.9 Å². The molecule has 27 heavy (non-hydrogen) atoms. The van der Waals surface area contributed by atoms with Crippen LogP contribution in [0.4, 0.5) is 4.79 Å². The highest BCUT2D eigenvalue weighted by Gasteiger charge is 2.39. The van der Waals surface area contributed by atoms with Gasteiger partial charge in [0.1, 0.15) is 0 Å². The number of benzene rings is 1. The Morgan fingerprint density at radius 1 is 1.11 bits per heavy atom. The third-order valence-electron chi connectivity index (χ3n) is 5.21. The zero-order valence-electron chi connectivity index (χ0n) is 15.2. The minimum atomic E-state index is -0.885. The van der Waals surface area contributed by atoms with Gasteiger partial charge in [-0.1, -0.05) is 5.16 Å². The van der Waals surface area contributed by atoms with Crippen molar-refractivity contribution in [2.45, 2.75) is 44.7 Å². The molecule has 0 spiro atoms. The summed E-state index contributed by atoms with van der Waals surface area (Å²) in [6, 6.07) is 7.59. The Morgan fingerprint density at radius 3 is 2.26 bits per heavy atom. The smallest absolute Gasteiger partial charge is 0.407 e. The fourth-order valence-electron chi connectivity index (χ4n) is 3.64. The second-order valence-electron chi connectivity index (χ2n) is 7.17. The van der Waals surface area contributed by atoms with Crippen LogP contribution < -0.4 is 0 Å². The predicted molar refractivity (Wildman–Crippen MR) is 96.3 cm³/mol. The molecule has 1 N–H and O–H groups in total. The first-order valence-electron chi connectivity index (χ1n) is 9.24. The summed E-state index contributed by atoms with van der Waals surface area (Å²) < 4.78 is 5.16. The Hall–Kier alpha value is -2.90. The average molecular weight is 370 g/mol. The molecule has 0 bridgehead atoms. The first kappa shape index (κ1) is 17.5. The van der Waals surface area contributed by atoms with Crippen molar-refractivity contribution in [3.8, 4) is 11.5 Å². The van der Waals surface area contributed by atoms with Gasteiger partial charge in [-0.05, 0) is 56.9 Å². The van der Waals surface area contributed by atoms with Crippen molar-refractivity contribution in [3.05, 3.63) is 35.7 Å². The maximum atomic E-state index is 13.1. The van der Waals surface area contributed by atoms with Gasteiger partial charge in [-0.3, -0.25) is 4.79 Å². The molecule has 1 aromatic carbocycles. The molecular weight excluding hydrogens is 348 g/mol. The lowest BCUT2D eigenvalue weighted by molar-refractivity contribution is 0.0551. The molecule has 2 aliphatic rings. The molecule has 2 fully saturated rings. The Bertz CT molecular complexity index is 836. The summed E-state index contributed by atoms with van der Waals surface area (Å²) in [7, 11) is 0. The summed E-state index contributed by atoms with van der Waals surface area (Å²) in [5.41, 5.74) is 1.41. The molecule has 4 rings (SSSR count). The number of carbonyl (C=O) groups excluding carboxylic acids is 1. The van der Waals surface area contributed by atoms with Crippen LogP contribution in [0.25, 0.3) is 11.5 Å². The van der Waals surface area contributed by atoms with E-state index in [1.807, 2.05) is 17.0 Å². The minimum absolute atomic E-state index is 0.0135. The van der Waals surface area contributed by atoms with Crippen LogP contribution in [-0.2, 0) is 0 Å². The second-order valence-corrected chi connectivity index (χ2v) is 7.17. The van der Waals surface area contributed by atoms with Crippen LogP contribution in [-0.4, -0.2) is 62.2 Å². The Kier molecular flexibility index (Phi) is 4.55. The lowest BCUT2D eigenvalue weighted by Crippen LogP contribution is -2.49. The van der Waals surface area contributed by atoms with E-state index in [-0.39, 0.29) is 18.0 Å². The van der Waals surface area contributed by atoms with Crippen molar-refractivity contribution in [2.24, 2.45) is 0 Å². The van der Waals surface area contributed by atoms with Crippen molar-refractivity contribution < 1.29 is 19.2 Å². The lowest BCUT2D eigenvalue weighted by Gasteiger charge is -2.38. The number of amides is 2. The molecular formula is C19H22N4O4. The molecule has 2 aromatic rings. The van der Waals surface area contributed by atoms with Gasteiger partial charge >= 0.3 is 6.09 Å². The van der Waals surface area contributed by atoms with E-state index < -0.39 is 6.09 Å². The molecule has 1 saturated carbocycles. The third kappa shape index (κ3) is 3.65. The topological polar surface area (TPSA) is 99.8 Å². The third-order valence-corrected chi connectivity index (χ3v) is 5.21. The molecule has 1 aromatic heterocycles. The van der Waals surface area contributed by atoms with Crippen LogP contribution in [0.15, 0.2) is 28.8 Å². The number of nitrogens with zero attached hydrogens (tertiary/aromatic N) is 4. The Labute approximate surface area is 156 Å². The van der Waals surface area contributed by atoms with Crippen LogP contribution in [0, 0.1) is 6.92 Å². The summed E-state index contributed by atoms with van der Waals surface area (Å²) in [5.74, 6) is 1.02. The zero-order valence-corrected chi connectivity index (χ0v) is 15.2. The molecule has 1 saturated heterocycles. The van der Waals surface area contributed by atoms with Gasteiger partial charge in [-0.2, -0.15) is 4.98 Å². The van der Waals surface area contributed by atoms with Crippen molar-refractivity contribution in [1.29, 1.82) is 0 Å². The van der Waals surface area contributed by atoms with Gasteiger partial charge in [0, 0.05) is 36.3 Å². The normalized spacial score (nSPS) is 17.7. The number of hydrogen-bond donors (Lipinski definition) is 1. The highest BCUT2D eigenvalue weighted by atomic mass is 16.5. The van der Waals surface area contributed by atoms with E-state index in [0.717, 1.165) is 18.4 Å². The fraction of sp³-hybridized carbons (Fsp3) is 0.474. The predicted octanol–water partition coefficient (Wildman–Crippen LogP) is 2.79. The monoisotopic (exact) mass is 370 g/mol. The molecule has 0 radical (unpaired) electrons. The molecule has 8 heteroatoms. The van der Waals surface area contributed by atoms with E-state index in [4.69, 9.17) is 9.63 Å². The molecule has 2 amide bonds.